The molecule has 7 nitrogen and oxygen atoms in total. The van der Waals surface area contributed by atoms with Crippen LogP contribution in [-0.2, 0) is 4.79 Å². The van der Waals surface area contributed by atoms with Crippen molar-refractivity contribution in [2.24, 2.45) is 0 Å². The van der Waals surface area contributed by atoms with Crippen molar-refractivity contribution in [3.8, 4) is 5.75 Å². The fraction of sp³-hybridized carbons (Fsp3) is 0.583. The molecule has 3 N–H and O–H groups in total. The summed E-state index contributed by atoms with van der Waals surface area (Å²) >= 11 is 0. The minimum Gasteiger partial charge on any atom is -0.490 e. The number of ether oxygens (including phenoxy) is 1. The van der Waals surface area contributed by atoms with Crippen molar-refractivity contribution in [1.29, 1.82) is 0 Å². The molecule has 0 aliphatic rings. The summed E-state index contributed by atoms with van der Waals surface area (Å²) in [6, 6.07) is 0. The Morgan fingerprint density at radius 3 is 2.68 bits per heavy atom. The van der Waals surface area contributed by atoms with Crippen LogP contribution in [0.4, 0.5) is 11.6 Å². The Labute approximate surface area is 113 Å². The molecule has 0 saturated heterocycles. The van der Waals surface area contributed by atoms with Gasteiger partial charge < -0.3 is 20.7 Å². The molecule has 0 saturated carbocycles. The number of aromatic nitrogens is 2. The van der Waals surface area contributed by atoms with Crippen molar-refractivity contribution < 1.29 is 9.53 Å². The van der Waals surface area contributed by atoms with Gasteiger partial charge in [-0.05, 0) is 13.8 Å². The topological polar surface area (TPSA) is 93.4 Å². The number of carbonyl (C=O) groups excluding carboxylic acids is 1. The average Bonchev–Trinajstić information content (AvgIpc) is 2.40. The number of nitrogens with two attached hydrogens (primary N) is 1. The Hall–Kier alpha value is -2.05. The van der Waals surface area contributed by atoms with E-state index >= 15 is 0 Å². The van der Waals surface area contributed by atoms with E-state index in [1.165, 1.54) is 13.4 Å². The Bertz CT molecular complexity index is 421. The molecule has 0 fully saturated rings. The molecule has 7 heteroatoms. The van der Waals surface area contributed by atoms with Crippen molar-refractivity contribution in [3.63, 3.8) is 0 Å². The summed E-state index contributed by atoms with van der Waals surface area (Å²) in [7, 11) is 1.50. The number of carbonyl (C=O) groups is 1. The zero-order valence-corrected chi connectivity index (χ0v) is 11.6. The molecule has 0 aromatic carbocycles. The van der Waals surface area contributed by atoms with Gasteiger partial charge in [-0.25, -0.2) is 9.97 Å². The highest BCUT2D eigenvalue weighted by atomic mass is 16.5. The van der Waals surface area contributed by atoms with Crippen LogP contribution in [0.3, 0.4) is 0 Å². The average molecular weight is 267 g/mol. The van der Waals surface area contributed by atoms with Gasteiger partial charge in [0, 0.05) is 26.1 Å². The third kappa shape index (κ3) is 3.97. The molecule has 0 radical (unpaired) electrons. The standard InChI is InChI=1S/C12H21N5O2/c1-4-17(5-2)9(18)6-7-14-12-10(19-3)11(13)15-8-16-12/h8H,4-7H2,1-3H3,(H3,13,14,15,16). The van der Waals surface area contributed by atoms with Crippen LogP contribution in [0.25, 0.3) is 0 Å². The molecule has 0 atom stereocenters. The lowest BCUT2D eigenvalue weighted by atomic mass is 10.3. The summed E-state index contributed by atoms with van der Waals surface area (Å²) in [5, 5.41) is 3.04. The van der Waals surface area contributed by atoms with Crippen LogP contribution in [0.2, 0.25) is 0 Å². The van der Waals surface area contributed by atoms with E-state index < -0.39 is 0 Å². The van der Waals surface area contributed by atoms with Gasteiger partial charge in [-0.2, -0.15) is 0 Å². The van der Waals surface area contributed by atoms with Crippen molar-refractivity contribution in [2.45, 2.75) is 20.3 Å². The van der Waals surface area contributed by atoms with Gasteiger partial charge >= 0.3 is 0 Å². The molecule has 19 heavy (non-hydrogen) atoms. The number of rotatable bonds is 7. The fourth-order valence-corrected chi connectivity index (χ4v) is 1.74. The molecule has 106 valence electrons. The third-order valence-corrected chi connectivity index (χ3v) is 2.78. The second kappa shape index (κ2) is 7.40. The van der Waals surface area contributed by atoms with E-state index in [0.29, 0.717) is 24.5 Å². The van der Waals surface area contributed by atoms with Gasteiger partial charge in [0.25, 0.3) is 0 Å². The summed E-state index contributed by atoms with van der Waals surface area (Å²) in [6.07, 6.45) is 1.75. The van der Waals surface area contributed by atoms with Crippen LogP contribution < -0.4 is 15.8 Å². The summed E-state index contributed by atoms with van der Waals surface area (Å²) in [5.41, 5.74) is 5.66. The largest absolute Gasteiger partial charge is 0.490 e. The molecule has 1 aromatic rings. The summed E-state index contributed by atoms with van der Waals surface area (Å²) in [6.45, 7) is 5.84. The molecular formula is C12H21N5O2. The molecule has 0 bridgehead atoms. The fourth-order valence-electron chi connectivity index (χ4n) is 1.74. The zero-order valence-electron chi connectivity index (χ0n) is 11.6. The van der Waals surface area contributed by atoms with Gasteiger partial charge in [-0.1, -0.05) is 0 Å². The molecular weight excluding hydrogens is 246 g/mol. The van der Waals surface area contributed by atoms with Gasteiger partial charge in [0.1, 0.15) is 6.33 Å². The molecule has 1 amide bonds. The van der Waals surface area contributed by atoms with E-state index in [1.54, 1.807) is 4.90 Å². The van der Waals surface area contributed by atoms with Crippen LogP contribution in [0.15, 0.2) is 6.33 Å². The predicted molar refractivity (Wildman–Crippen MR) is 74.0 cm³/mol. The van der Waals surface area contributed by atoms with Gasteiger partial charge in [0.2, 0.25) is 11.7 Å². The first-order valence-corrected chi connectivity index (χ1v) is 6.30. The van der Waals surface area contributed by atoms with Gasteiger partial charge in [0.05, 0.1) is 7.11 Å². The molecule has 1 aromatic heterocycles. The van der Waals surface area contributed by atoms with Crippen LogP contribution in [0.1, 0.15) is 20.3 Å². The highest BCUT2D eigenvalue weighted by Crippen LogP contribution is 2.25. The van der Waals surface area contributed by atoms with Gasteiger partial charge in [0.15, 0.2) is 11.6 Å². The van der Waals surface area contributed by atoms with Crippen molar-refractivity contribution in [2.75, 3.05) is 37.8 Å². The lowest BCUT2D eigenvalue weighted by Crippen LogP contribution is -2.31. The van der Waals surface area contributed by atoms with E-state index in [-0.39, 0.29) is 11.7 Å². The van der Waals surface area contributed by atoms with E-state index in [4.69, 9.17) is 10.5 Å². The van der Waals surface area contributed by atoms with Gasteiger partial charge in [-0.15, -0.1) is 0 Å². The molecule has 1 rings (SSSR count). The van der Waals surface area contributed by atoms with Crippen molar-refractivity contribution in [3.05, 3.63) is 6.33 Å². The number of hydrogen-bond donors (Lipinski definition) is 2. The Balaban J connectivity index is 2.54. The number of nitrogen functional groups attached to an aromatic ring is 1. The minimum absolute atomic E-state index is 0.110. The summed E-state index contributed by atoms with van der Waals surface area (Å²) in [5.74, 6) is 1.29. The molecule has 0 unspecified atom stereocenters. The van der Waals surface area contributed by atoms with E-state index in [2.05, 4.69) is 15.3 Å². The number of nitrogens with one attached hydrogen (secondary N) is 1. The van der Waals surface area contributed by atoms with E-state index in [9.17, 15) is 4.79 Å². The first kappa shape index (κ1) is 15.0. The Kier molecular flexibility index (Phi) is 5.84. The zero-order chi connectivity index (χ0) is 14.3. The van der Waals surface area contributed by atoms with Crippen LogP contribution in [0.5, 0.6) is 5.75 Å². The molecule has 1 heterocycles. The highest BCUT2D eigenvalue weighted by Gasteiger charge is 2.11. The second-order valence-corrected chi connectivity index (χ2v) is 3.88. The SMILES string of the molecule is CCN(CC)C(=O)CCNc1ncnc(N)c1OC. The first-order chi connectivity index (χ1) is 9.13. The molecule has 0 aliphatic heterocycles. The Morgan fingerprint density at radius 1 is 1.42 bits per heavy atom. The number of hydrogen-bond acceptors (Lipinski definition) is 6. The monoisotopic (exact) mass is 267 g/mol. The van der Waals surface area contributed by atoms with Crippen molar-refractivity contribution >= 4 is 17.5 Å². The maximum absolute atomic E-state index is 11.8. The van der Waals surface area contributed by atoms with Crippen LogP contribution in [-0.4, -0.2) is 47.5 Å². The predicted octanol–water partition coefficient (Wildman–Crippen LogP) is 0.738. The van der Waals surface area contributed by atoms with Crippen molar-refractivity contribution in [1.82, 2.24) is 14.9 Å². The number of methoxy groups -OCH3 is 1. The first-order valence-electron chi connectivity index (χ1n) is 6.30. The maximum Gasteiger partial charge on any atom is 0.224 e. The number of anilines is 2. The normalized spacial score (nSPS) is 10.1. The Morgan fingerprint density at radius 2 is 2.11 bits per heavy atom. The quantitative estimate of drug-likeness (QED) is 0.756. The maximum atomic E-state index is 11.8. The molecule has 0 aliphatic carbocycles. The smallest absolute Gasteiger partial charge is 0.224 e. The lowest BCUT2D eigenvalue weighted by Gasteiger charge is -2.18. The van der Waals surface area contributed by atoms with Crippen LogP contribution >= 0.6 is 0 Å². The van der Waals surface area contributed by atoms with E-state index in [1.807, 2.05) is 13.8 Å². The highest BCUT2D eigenvalue weighted by molar-refractivity contribution is 5.76. The number of nitrogens with zero attached hydrogens (tertiary/aromatic N) is 3. The van der Waals surface area contributed by atoms with Crippen LogP contribution in [0, 0.1) is 0 Å². The molecule has 0 spiro atoms. The summed E-state index contributed by atoms with van der Waals surface area (Å²) in [4.78, 5) is 21.5. The van der Waals surface area contributed by atoms with Gasteiger partial charge in [-0.3, -0.25) is 4.79 Å². The van der Waals surface area contributed by atoms with E-state index in [0.717, 1.165) is 13.1 Å². The lowest BCUT2D eigenvalue weighted by molar-refractivity contribution is -0.130. The summed E-state index contributed by atoms with van der Waals surface area (Å²) < 4.78 is 5.12. The second-order valence-electron chi connectivity index (χ2n) is 3.88. The minimum atomic E-state index is 0.110. The number of amides is 1. The third-order valence-electron chi connectivity index (χ3n) is 2.78.